The smallest absolute Gasteiger partial charge is 0.340 e. The molecule has 0 amide bonds. The summed E-state index contributed by atoms with van der Waals surface area (Å²) < 4.78 is 6.37. The molecule has 0 saturated carbocycles. The number of carbonyl (C=O) groups excluding carboxylic acids is 2. The monoisotopic (exact) mass is 321 g/mol. The standard InChI is InChI=1S/C20H19NO3/c1-13-8-9-15(14(2)10-13)11-19(22)21-12-17(20(23)24-3)16-6-4-5-7-18(16)21/h4-10,12H,11H2,1-3H3. The molecule has 3 rings (SSSR count). The maximum atomic E-state index is 12.8. The lowest BCUT2D eigenvalue weighted by molar-refractivity contribution is 0.0603. The minimum atomic E-state index is -0.440. The molecular weight excluding hydrogens is 302 g/mol. The predicted molar refractivity (Wildman–Crippen MR) is 93.5 cm³/mol. The van der Waals surface area contributed by atoms with E-state index in [0.717, 1.165) is 16.5 Å². The van der Waals surface area contributed by atoms with Crippen LogP contribution in [0.5, 0.6) is 0 Å². The molecular formula is C20H19NO3. The average molecular weight is 321 g/mol. The number of benzene rings is 2. The molecule has 4 heteroatoms. The second kappa shape index (κ2) is 6.32. The highest BCUT2D eigenvalue weighted by Gasteiger charge is 2.19. The van der Waals surface area contributed by atoms with Crippen LogP contribution in [0.1, 0.15) is 31.8 Å². The molecule has 0 N–H and O–H groups in total. The van der Waals surface area contributed by atoms with Crippen molar-refractivity contribution in [1.29, 1.82) is 0 Å². The predicted octanol–water partition coefficient (Wildman–Crippen LogP) is 3.93. The molecule has 4 nitrogen and oxygen atoms in total. The van der Waals surface area contributed by atoms with Crippen LogP contribution in [0.25, 0.3) is 10.9 Å². The quantitative estimate of drug-likeness (QED) is 0.687. The summed E-state index contributed by atoms with van der Waals surface area (Å²) in [5.41, 5.74) is 4.37. The van der Waals surface area contributed by atoms with Gasteiger partial charge in [-0.05, 0) is 31.0 Å². The Morgan fingerprint density at radius 3 is 2.54 bits per heavy atom. The van der Waals surface area contributed by atoms with Crippen LogP contribution >= 0.6 is 0 Å². The van der Waals surface area contributed by atoms with Gasteiger partial charge in [-0.1, -0.05) is 42.0 Å². The fraction of sp³-hybridized carbons (Fsp3) is 0.200. The molecule has 1 aromatic heterocycles. The summed E-state index contributed by atoms with van der Waals surface area (Å²) in [6, 6.07) is 13.4. The Morgan fingerprint density at radius 2 is 1.83 bits per heavy atom. The molecule has 1 heterocycles. The Balaban J connectivity index is 2.02. The van der Waals surface area contributed by atoms with E-state index in [1.54, 1.807) is 10.8 Å². The summed E-state index contributed by atoms with van der Waals surface area (Å²) in [7, 11) is 1.34. The Kier molecular flexibility index (Phi) is 4.21. The number of aromatic nitrogens is 1. The number of carbonyl (C=O) groups is 2. The van der Waals surface area contributed by atoms with Crippen molar-refractivity contribution in [3.8, 4) is 0 Å². The number of nitrogens with zero attached hydrogens (tertiary/aromatic N) is 1. The lowest BCUT2D eigenvalue weighted by Crippen LogP contribution is -2.13. The molecule has 0 radical (unpaired) electrons. The number of rotatable bonds is 3. The van der Waals surface area contributed by atoms with E-state index in [-0.39, 0.29) is 12.3 Å². The molecule has 24 heavy (non-hydrogen) atoms. The molecule has 0 aliphatic carbocycles. The lowest BCUT2D eigenvalue weighted by atomic mass is 10.0. The van der Waals surface area contributed by atoms with Gasteiger partial charge in [-0.15, -0.1) is 0 Å². The van der Waals surface area contributed by atoms with Gasteiger partial charge in [-0.25, -0.2) is 4.79 Å². The number of methoxy groups -OCH3 is 1. The number of ether oxygens (including phenoxy) is 1. The molecule has 0 saturated heterocycles. The first kappa shape index (κ1) is 16.0. The normalized spacial score (nSPS) is 10.8. The SMILES string of the molecule is COC(=O)c1cn(C(=O)Cc2ccc(C)cc2C)c2ccccc12. The van der Waals surface area contributed by atoms with Crippen LogP contribution in [0.3, 0.4) is 0 Å². The highest BCUT2D eigenvalue weighted by molar-refractivity contribution is 6.07. The van der Waals surface area contributed by atoms with Gasteiger partial charge in [0.15, 0.2) is 0 Å². The zero-order valence-corrected chi connectivity index (χ0v) is 14.0. The minimum Gasteiger partial charge on any atom is -0.465 e. The van der Waals surface area contributed by atoms with Gasteiger partial charge in [0.05, 0.1) is 24.6 Å². The largest absolute Gasteiger partial charge is 0.465 e. The van der Waals surface area contributed by atoms with E-state index in [9.17, 15) is 9.59 Å². The summed E-state index contributed by atoms with van der Waals surface area (Å²) in [4.78, 5) is 24.8. The first-order chi connectivity index (χ1) is 11.5. The fourth-order valence-electron chi connectivity index (χ4n) is 2.95. The van der Waals surface area contributed by atoms with E-state index in [1.165, 1.54) is 12.7 Å². The molecule has 0 fully saturated rings. The van der Waals surface area contributed by atoms with Crippen molar-refractivity contribution in [2.45, 2.75) is 20.3 Å². The molecule has 122 valence electrons. The molecule has 0 atom stereocenters. The van der Waals surface area contributed by atoms with E-state index >= 15 is 0 Å². The highest BCUT2D eigenvalue weighted by Crippen LogP contribution is 2.23. The van der Waals surface area contributed by atoms with Crippen LogP contribution in [0.15, 0.2) is 48.7 Å². The first-order valence-electron chi connectivity index (χ1n) is 7.79. The van der Waals surface area contributed by atoms with Crippen LogP contribution in [-0.4, -0.2) is 23.6 Å². The molecule has 0 bridgehead atoms. The van der Waals surface area contributed by atoms with Crippen LogP contribution in [-0.2, 0) is 11.2 Å². The Bertz CT molecular complexity index is 937. The van der Waals surface area contributed by atoms with E-state index in [2.05, 4.69) is 6.07 Å². The second-order valence-corrected chi connectivity index (χ2v) is 5.92. The van der Waals surface area contributed by atoms with Crippen molar-refractivity contribution in [3.63, 3.8) is 0 Å². The number of hydrogen-bond acceptors (Lipinski definition) is 3. The van der Waals surface area contributed by atoms with Gasteiger partial charge in [0, 0.05) is 11.6 Å². The third kappa shape index (κ3) is 2.83. The van der Waals surface area contributed by atoms with Crippen molar-refractivity contribution in [1.82, 2.24) is 4.57 Å². The Morgan fingerprint density at radius 1 is 1.08 bits per heavy atom. The van der Waals surface area contributed by atoms with Gasteiger partial charge < -0.3 is 4.74 Å². The van der Waals surface area contributed by atoms with E-state index in [4.69, 9.17) is 4.74 Å². The third-order valence-corrected chi connectivity index (χ3v) is 4.23. The first-order valence-corrected chi connectivity index (χ1v) is 7.79. The fourth-order valence-corrected chi connectivity index (χ4v) is 2.95. The van der Waals surface area contributed by atoms with Gasteiger partial charge in [0.25, 0.3) is 0 Å². The summed E-state index contributed by atoms with van der Waals surface area (Å²) >= 11 is 0. The van der Waals surface area contributed by atoms with Crippen molar-refractivity contribution >= 4 is 22.8 Å². The van der Waals surface area contributed by atoms with E-state index < -0.39 is 5.97 Å². The van der Waals surface area contributed by atoms with Gasteiger partial charge in [0.2, 0.25) is 5.91 Å². The van der Waals surface area contributed by atoms with Gasteiger partial charge in [-0.2, -0.15) is 0 Å². The molecule has 3 aromatic rings. The molecule has 0 unspecified atom stereocenters. The maximum absolute atomic E-state index is 12.8. The summed E-state index contributed by atoms with van der Waals surface area (Å²) in [5.74, 6) is -0.516. The number of fused-ring (bicyclic) bond motifs is 1. The van der Waals surface area contributed by atoms with Crippen molar-refractivity contribution in [2.24, 2.45) is 0 Å². The highest BCUT2D eigenvalue weighted by atomic mass is 16.5. The Hall–Kier alpha value is -2.88. The molecule has 0 spiro atoms. The van der Waals surface area contributed by atoms with Crippen LogP contribution in [0.4, 0.5) is 0 Å². The van der Waals surface area contributed by atoms with Crippen molar-refractivity contribution < 1.29 is 14.3 Å². The third-order valence-electron chi connectivity index (χ3n) is 4.23. The minimum absolute atomic E-state index is 0.0756. The summed E-state index contributed by atoms with van der Waals surface area (Å²) in [6.45, 7) is 4.03. The number of hydrogen-bond donors (Lipinski definition) is 0. The second-order valence-electron chi connectivity index (χ2n) is 5.92. The maximum Gasteiger partial charge on any atom is 0.340 e. The number of para-hydroxylation sites is 1. The Labute approximate surface area is 140 Å². The zero-order valence-electron chi connectivity index (χ0n) is 14.0. The number of aryl methyl sites for hydroxylation is 2. The average Bonchev–Trinajstić information content (AvgIpc) is 2.96. The van der Waals surface area contributed by atoms with Gasteiger partial charge in [-0.3, -0.25) is 9.36 Å². The van der Waals surface area contributed by atoms with E-state index in [0.29, 0.717) is 11.1 Å². The lowest BCUT2D eigenvalue weighted by Gasteiger charge is -2.08. The van der Waals surface area contributed by atoms with Crippen LogP contribution in [0.2, 0.25) is 0 Å². The van der Waals surface area contributed by atoms with Crippen LogP contribution in [0, 0.1) is 13.8 Å². The number of esters is 1. The van der Waals surface area contributed by atoms with Crippen molar-refractivity contribution in [3.05, 3.63) is 70.9 Å². The van der Waals surface area contributed by atoms with Gasteiger partial charge in [0.1, 0.15) is 0 Å². The van der Waals surface area contributed by atoms with E-state index in [1.807, 2.05) is 50.2 Å². The summed E-state index contributed by atoms with van der Waals surface area (Å²) in [6.07, 6.45) is 1.85. The summed E-state index contributed by atoms with van der Waals surface area (Å²) in [5, 5.41) is 0.721. The van der Waals surface area contributed by atoms with Gasteiger partial charge >= 0.3 is 5.97 Å². The van der Waals surface area contributed by atoms with Crippen molar-refractivity contribution in [2.75, 3.05) is 7.11 Å². The van der Waals surface area contributed by atoms with Crippen LogP contribution < -0.4 is 0 Å². The molecule has 0 aliphatic heterocycles. The zero-order chi connectivity index (χ0) is 17.3. The molecule has 0 aliphatic rings. The molecule has 2 aromatic carbocycles. The topological polar surface area (TPSA) is 48.3 Å².